The number of hydrogen-bond donors (Lipinski definition) is 2. The standard InChI is InChI=1S/C5H9N3O/c1-2-9-5-3-4(6)7-8-5/h3H,2H2,1H3,(H3,6,7,8). The lowest BCUT2D eigenvalue weighted by Crippen LogP contribution is -1.90. The Balaban J connectivity index is 2.61. The summed E-state index contributed by atoms with van der Waals surface area (Å²) < 4.78 is 5.03. The fourth-order valence-electron chi connectivity index (χ4n) is 0.548. The predicted molar refractivity (Wildman–Crippen MR) is 34.2 cm³/mol. The second kappa shape index (κ2) is 2.39. The van der Waals surface area contributed by atoms with E-state index in [9.17, 15) is 0 Å². The van der Waals surface area contributed by atoms with E-state index in [2.05, 4.69) is 10.2 Å². The van der Waals surface area contributed by atoms with Crippen molar-refractivity contribution in [1.82, 2.24) is 10.2 Å². The van der Waals surface area contributed by atoms with E-state index in [1.165, 1.54) is 0 Å². The maximum absolute atomic E-state index is 5.29. The van der Waals surface area contributed by atoms with Crippen molar-refractivity contribution in [3.05, 3.63) is 6.07 Å². The van der Waals surface area contributed by atoms with Crippen LogP contribution in [-0.4, -0.2) is 16.8 Å². The number of rotatable bonds is 2. The number of ether oxygens (including phenoxy) is 1. The number of hydrogen-bond acceptors (Lipinski definition) is 3. The van der Waals surface area contributed by atoms with E-state index in [0.29, 0.717) is 18.3 Å². The highest BCUT2D eigenvalue weighted by molar-refractivity contribution is 5.31. The van der Waals surface area contributed by atoms with Crippen LogP contribution in [0.4, 0.5) is 5.82 Å². The van der Waals surface area contributed by atoms with Crippen LogP contribution in [0.1, 0.15) is 6.92 Å². The van der Waals surface area contributed by atoms with Crippen molar-refractivity contribution in [2.24, 2.45) is 0 Å². The summed E-state index contributed by atoms with van der Waals surface area (Å²) in [6, 6.07) is 1.64. The van der Waals surface area contributed by atoms with Crippen LogP contribution >= 0.6 is 0 Å². The Kier molecular flexibility index (Phi) is 1.58. The van der Waals surface area contributed by atoms with Gasteiger partial charge in [0.05, 0.1) is 6.61 Å². The number of aromatic nitrogens is 2. The molecule has 3 N–H and O–H groups in total. The number of H-pyrrole nitrogens is 1. The molecule has 0 aliphatic heterocycles. The Morgan fingerprint density at radius 3 is 3.11 bits per heavy atom. The van der Waals surface area contributed by atoms with Crippen molar-refractivity contribution in [2.45, 2.75) is 6.92 Å². The third-order valence-electron chi connectivity index (χ3n) is 0.874. The Morgan fingerprint density at radius 1 is 1.89 bits per heavy atom. The highest BCUT2D eigenvalue weighted by Crippen LogP contribution is 2.07. The first-order valence-corrected chi connectivity index (χ1v) is 2.76. The normalized spacial score (nSPS) is 9.44. The molecule has 0 bridgehead atoms. The molecular formula is C5H9N3O. The fraction of sp³-hybridized carbons (Fsp3) is 0.400. The summed E-state index contributed by atoms with van der Waals surface area (Å²) in [6.07, 6.45) is 0. The van der Waals surface area contributed by atoms with Gasteiger partial charge in [-0.05, 0) is 6.92 Å². The molecule has 0 unspecified atom stereocenters. The van der Waals surface area contributed by atoms with Crippen LogP contribution in [0, 0.1) is 0 Å². The van der Waals surface area contributed by atoms with Crippen molar-refractivity contribution in [2.75, 3.05) is 12.3 Å². The van der Waals surface area contributed by atoms with Crippen molar-refractivity contribution < 1.29 is 4.74 Å². The van der Waals surface area contributed by atoms with Gasteiger partial charge in [-0.3, -0.25) is 0 Å². The molecule has 4 nitrogen and oxygen atoms in total. The second-order valence-electron chi connectivity index (χ2n) is 1.59. The number of anilines is 1. The van der Waals surface area contributed by atoms with Crippen molar-refractivity contribution in [3.63, 3.8) is 0 Å². The smallest absolute Gasteiger partial charge is 0.211 e. The van der Waals surface area contributed by atoms with E-state index in [1.54, 1.807) is 6.07 Å². The van der Waals surface area contributed by atoms with Gasteiger partial charge in [-0.1, -0.05) is 0 Å². The number of nitrogens with one attached hydrogen (secondary N) is 1. The number of nitrogens with zero attached hydrogens (tertiary/aromatic N) is 1. The average Bonchev–Trinajstić information content (AvgIpc) is 2.17. The first-order valence-electron chi connectivity index (χ1n) is 2.76. The van der Waals surface area contributed by atoms with Crippen LogP contribution in [0.5, 0.6) is 5.88 Å². The zero-order chi connectivity index (χ0) is 6.69. The maximum atomic E-state index is 5.29. The number of aromatic amines is 1. The minimum atomic E-state index is 0.457. The van der Waals surface area contributed by atoms with Gasteiger partial charge < -0.3 is 10.5 Å². The van der Waals surface area contributed by atoms with Gasteiger partial charge in [0.1, 0.15) is 5.82 Å². The lowest BCUT2D eigenvalue weighted by Gasteiger charge is -1.93. The van der Waals surface area contributed by atoms with Gasteiger partial charge in [-0.25, -0.2) is 5.10 Å². The van der Waals surface area contributed by atoms with Gasteiger partial charge >= 0.3 is 0 Å². The zero-order valence-electron chi connectivity index (χ0n) is 5.22. The molecule has 0 amide bonds. The predicted octanol–water partition coefficient (Wildman–Crippen LogP) is 0.391. The SMILES string of the molecule is CCOc1cc(N)n[nH]1. The van der Waals surface area contributed by atoms with E-state index in [0.717, 1.165) is 0 Å². The topological polar surface area (TPSA) is 63.9 Å². The third-order valence-corrected chi connectivity index (χ3v) is 0.874. The molecular weight excluding hydrogens is 118 g/mol. The third kappa shape index (κ3) is 1.35. The summed E-state index contributed by atoms with van der Waals surface area (Å²) in [7, 11) is 0. The Morgan fingerprint density at radius 2 is 2.67 bits per heavy atom. The molecule has 0 aliphatic rings. The summed E-state index contributed by atoms with van der Waals surface area (Å²) >= 11 is 0. The van der Waals surface area contributed by atoms with Gasteiger partial charge in [-0.15, -0.1) is 0 Å². The molecule has 4 heteroatoms. The molecule has 0 saturated carbocycles. The Bertz CT molecular complexity index is 184. The quantitative estimate of drug-likeness (QED) is 0.604. The van der Waals surface area contributed by atoms with Crippen LogP contribution in [0.25, 0.3) is 0 Å². The second-order valence-corrected chi connectivity index (χ2v) is 1.59. The van der Waals surface area contributed by atoms with E-state index in [-0.39, 0.29) is 0 Å². The summed E-state index contributed by atoms with van der Waals surface area (Å²) in [5.74, 6) is 1.08. The molecule has 0 saturated heterocycles. The lowest BCUT2D eigenvalue weighted by molar-refractivity contribution is 0.326. The fourth-order valence-corrected chi connectivity index (χ4v) is 0.548. The molecule has 1 heterocycles. The molecule has 50 valence electrons. The van der Waals surface area contributed by atoms with E-state index in [1.807, 2.05) is 6.92 Å². The van der Waals surface area contributed by atoms with Crippen LogP contribution in [-0.2, 0) is 0 Å². The highest BCUT2D eigenvalue weighted by atomic mass is 16.5. The monoisotopic (exact) mass is 127 g/mol. The highest BCUT2D eigenvalue weighted by Gasteiger charge is 1.93. The molecule has 1 rings (SSSR count). The van der Waals surface area contributed by atoms with Crippen molar-refractivity contribution in [1.29, 1.82) is 0 Å². The Labute approximate surface area is 53.0 Å². The van der Waals surface area contributed by atoms with Gasteiger partial charge in [0.25, 0.3) is 0 Å². The summed E-state index contributed by atoms with van der Waals surface area (Å²) in [4.78, 5) is 0. The van der Waals surface area contributed by atoms with E-state index in [4.69, 9.17) is 10.5 Å². The molecule has 1 aromatic rings. The molecule has 0 aliphatic carbocycles. The minimum absolute atomic E-state index is 0.457. The average molecular weight is 127 g/mol. The molecule has 9 heavy (non-hydrogen) atoms. The minimum Gasteiger partial charge on any atom is -0.478 e. The molecule has 1 aromatic heterocycles. The van der Waals surface area contributed by atoms with Gasteiger partial charge in [0.15, 0.2) is 0 Å². The van der Waals surface area contributed by atoms with Gasteiger partial charge in [0.2, 0.25) is 5.88 Å². The van der Waals surface area contributed by atoms with Crippen LogP contribution in [0.2, 0.25) is 0 Å². The lowest BCUT2D eigenvalue weighted by atomic mass is 10.6. The number of nitrogens with two attached hydrogens (primary N) is 1. The first-order chi connectivity index (χ1) is 4.33. The van der Waals surface area contributed by atoms with Gasteiger partial charge in [0, 0.05) is 6.07 Å². The van der Waals surface area contributed by atoms with Crippen LogP contribution in [0.15, 0.2) is 6.07 Å². The van der Waals surface area contributed by atoms with Crippen molar-refractivity contribution in [3.8, 4) is 5.88 Å². The summed E-state index contributed by atoms with van der Waals surface area (Å²) in [5.41, 5.74) is 5.29. The molecule has 0 atom stereocenters. The Hall–Kier alpha value is -1.19. The molecule has 0 radical (unpaired) electrons. The largest absolute Gasteiger partial charge is 0.478 e. The molecule has 0 aromatic carbocycles. The molecule has 0 fully saturated rings. The summed E-state index contributed by atoms with van der Waals surface area (Å²) in [5, 5.41) is 6.27. The first kappa shape index (κ1) is 5.94. The summed E-state index contributed by atoms with van der Waals surface area (Å²) in [6.45, 7) is 2.53. The van der Waals surface area contributed by atoms with E-state index < -0.39 is 0 Å². The maximum Gasteiger partial charge on any atom is 0.211 e. The number of nitrogen functional groups attached to an aromatic ring is 1. The van der Waals surface area contributed by atoms with E-state index >= 15 is 0 Å². The van der Waals surface area contributed by atoms with Crippen molar-refractivity contribution >= 4 is 5.82 Å². The zero-order valence-corrected chi connectivity index (χ0v) is 5.22. The van der Waals surface area contributed by atoms with Crippen LogP contribution < -0.4 is 10.5 Å². The van der Waals surface area contributed by atoms with Gasteiger partial charge in [-0.2, -0.15) is 5.10 Å². The molecule has 0 spiro atoms. The van der Waals surface area contributed by atoms with Crippen LogP contribution in [0.3, 0.4) is 0 Å².